The minimum Gasteiger partial charge on any atom is -0.394 e. The first-order valence-electron chi connectivity index (χ1n) is 22.2. The SMILES string of the molecule is [N-]=[N+]=NCCOCCOCCOCCOCCC(=O)N(CCNC(=O)CCOCCOCCOCCOCCO)CCNC(=O)CCOCCOCCOCCOCCON=C(CS)CS. The number of azide groups is 1. The Morgan fingerprint density at radius 3 is 1.18 bits per heavy atom. The highest BCUT2D eigenvalue weighted by Gasteiger charge is 2.15. The molecule has 0 atom stereocenters. The fraction of sp³-hybridized carbons (Fsp3) is 0.900. The van der Waals surface area contributed by atoms with Crippen LogP contribution in [0.4, 0.5) is 0 Å². The van der Waals surface area contributed by atoms with Gasteiger partial charge in [-0.1, -0.05) is 10.3 Å². The monoisotopic (exact) mass is 991 g/mol. The van der Waals surface area contributed by atoms with Crippen LogP contribution in [0.1, 0.15) is 19.3 Å². The zero-order valence-electron chi connectivity index (χ0n) is 38.6. The number of rotatable bonds is 53. The summed E-state index contributed by atoms with van der Waals surface area (Å²) in [5, 5.41) is 21.6. The van der Waals surface area contributed by atoms with Gasteiger partial charge in [-0.15, -0.1) is 0 Å². The van der Waals surface area contributed by atoms with E-state index in [0.29, 0.717) is 144 Å². The van der Waals surface area contributed by atoms with E-state index >= 15 is 0 Å². The number of nitrogens with one attached hydrogen (secondary N) is 2. The molecular formula is C40H77N7O17S2. The molecule has 0 aromatic heterocycles. The number of hydrogen-bond donors (Lipinski definition) is 5. The van der Waals surface area contributed by atoms with Crippen LogP contribution in [0.3, 0.4) is 0 Å². The Balaban J connectivity index is 4.29. The maximum absolute atomic E-state index is 13.1. The van der Waals surface area contributed by atoms with Gasteiger partial charge >= 0.3 is 0 Å². The molecule has 0 heterocycles. The first kappa shape index (κ1) is 63.4. The van der Waals surface area contributed by atoms with Crippen LogP contribution in [0, 0.1) is 0 Å². The molecule has 66 heavy (non-hydrogen) atoms. The van der Waals surface area contributed by atoms with Gasteiger partial charge in [-0.2, -0.15) is 25.3 Å². The Morgan fingerprint density at radius 1 is 0.485 bits per heavy atom. The van der Waals surface area contributed by atoms with E-state index in [0.717, 1.165) is 5.71 Å². The van der Waals surface area contributed by atoms with Crippen LogP contribution in [0.25, 0.3) is 10.4 Å². The largest absolute Gasteiger partial charge is 0.394 e. The lowest BCUT2D eigenvalue weighted by molar-refractivity contribution is -0.133. The molecule has 24 nitrogen and oxygen atoms in total. The van der Waals surface area contributed by atoms with Crippen molar-refractivity contribution >= 4 is 48.7 Å². The first-order chi connectivity index (χ1) is 32.5. The van der Waals surface area contributed by atoms with Gasteiger partial charge in [-0.25, -0.2) is 0 Å². The summed E-state index contributed by atoms with van der Waals surface area (Å²) in [5.41, 5.74) is 8.98. The number of aliphatic hydroxyl groups excluding tert-OH is 1. The molecule has 0 aliphatic rings. The number of aliphatic hydroxyl groups is 1. The summed E-state index contributed by atoms with van der Waals surface area (Å²) in [4.78, 5) is 47.4. The van der Waals surface area contributed by atoms with Gasteiger partial charge in [0.1, 0.15) is 6.61 Å². The number of carbonyl (C=O) groups excluding carboxylic acids is 3. The third-order valence-electron chi connectivity index (χ3n) is 8.03. The van der Waals surface area contributed by atoms with Crippen LogP contribution in [0.15, 0.2) is 10.3 Å². The molecule has 0 saturated carbocycles. The van der Waals surface area contributed by atoms with E-state index in [4.69, 9.17) is 72.3 Å². The standard InChI is InChI=1S/C40H77N7O17S2/c41-46-44-6-13-55-18-23-60-28-25-59-22-17-54-12-3-40(51)47(7-4-42-38(49)1-10-52-15-20-57-26-29-61-24-19-56-14-9-48)8-5-43-39(50)2-11-53-16-21-58-27-30-62-31-32-63-33-34-64-45-37(35-65)36-66/h48,65-66H,1-36H2,(H,42,49)(H,43,50). The van der Waals surface area contributed by atoms with Crippen molar-refractivity contribution in [3.63, 3.8) is 0 Å². The van der Waals surface area contributed by atoms with E-state index in [9.17, 15) is 14.4 Å². The number of amides is 3. The zero-order valence-corrected chi connectivity index (χ0v) is 40.4. The average Bonchev–Trinajstić information content (AvgIpc) is 3.32. The Kier molecular flexibility index (Phi) is 51.2. The van der Waals surface area contributed by atoms with Crippen molar-refractivity contribution in [2.45, 2.75) is 19.3 Å². The van der Waals surface area contributed by atoms with Crippen molar-refractivity contribution in [2.24, 2.45) is 10.3 Å². The lowest BCUT2D eigenvalue weighted by atomic mass is 10.3. The molecule has 0 aromatic carbocycles. The average molecular weight is 992 g/mol. The Hall–Kier alpha value is -2.63. The van der Waals surface area contributed by atoms with Gasteiger partial charge in [-0.05, 0) is 5.53 Å². The Morgan fingerprint density at radius 2 is 0.818 bits per heavy atom. The lowest BCUT2D eigenvalue weighted by Crippen LogP contribution is -2.43. The molecule has 0 saturated heterocycles. The normalized spacial score (nSPS) is 11.0. The molecule has 0 fully saturated rings. The highest BCUT2D eigenvalue weighted by Crippen LogP contribution is 1.97. The molecular weight excluding hydrogens is 915 g/mol. The van der Waals surface area contributed by atoms with Crippen LogP contribution in [-0.2, 0) is 76.1 Å². The van der Waals surface area contributed by atoms with Crippen molar-refractivity contribution in [1.29, 1.82) is 0 Å². The summed E-state index contributed by atoms with van der Waals surface area (Å²) in [5.74, 6) is 0.333. The van der Waals surface area contributed by atoms with Crippen molar-refractivity contribution in [3.8, 4) is 0 Å². The van der Waals surface area contributed by atoms with E-state index in [-0.39, 0.29) is 109 Å². The number of oxime groups is 1. The number of carbonyl (C=O) groups is 3. The summed E-state index contributed by atoms with van der Waals surface area (Å²) in [7, 11) is 0. The second kappa shape index (κ2) is 53.3. The highest BCUT2D eigenvalue weighted by atomic mass is 32.1. The highest BCUT2D eigenvalue weighted by molar-refractivity contribution is 7.82. The minimum absolute atomic E-state index is 0.0238. The second-order valence-electron chi connectivity index (χ2n) is 13.2. The lowest BCUT2D eigenvalue weighted by Gasteiger charge is -2.23. The van der Waals surface area contributed by atoms with Gasteiger partial charge in [0.15, 0.2) is 0 Å². The van der Waals surface area contributed by atoms with E-state index in [1.807, 2.05) is 0 Å². The summed E-state index contributed by atoms with van der Waals surface area (Å²) >= 11 is 8.26. The predicted octanol–water partition coefficient (Wildman–Crippen LogP) is -0.0483. The van der Waals surface area contributed by atoms with E-state index < -0.39 is 0 Å². The number of nitrogens with zero attached hydrogens (tertiary/aromatic N) is 5. The minimum atomic E-state index is -0.227. The van der Waals surface area contributed by atoms with Crippen LogP contribution >= 0.6 is 25.3 Å². The zero-order chi connectivity index (χ0) is 48.1. The third kappa shape index (κ3) is 47.8. The van der Waals surface area contributed by atoms with Crippen molar-refractivity contribution in [2.75, 3.05) is 216 Å². The Labute approximate surface area is 400 Å². The van der Waals surface area contributed by atoms with Gasteiger partial charge in [0.2, 0.25) is 17.7 Å². The molecule has 0 bridgehead atoms. The molecule has 0 aliphatic heterocycles. The predicted molar refractivity (Wildman–Crippen MR) is 248 cm³/mol. The van der Waals surface area contributed by atoms with Crippen LogP contribution in [-0.4, -0.2) is 249 Å². The molecule has 0 aromatic rings. The molecule has 3 amide bonds. The summed E-state index contributed by atoms with van der Waals surface area (Å²) < 4.78 is 64.9. The maximum atomic E-state index is 13.1. The van der Waals surface area contributed by atoms with E-state index in [2.05, 4.69) is 51.1 Å². The van der Waals surface area contributed by atoms with Gasteiger partial charge in [-0.3, -0.25) is 14.4 Å². The quantitative estimate of drug-likeness (QED) is 0.0102. The van der Waals surface area contributed by atoms with Gasteiger partial charge in [0, 0.05) is 62.0 Å². The smallest absolute Gasteiger partial charge is 0.225 e. The van der Waals surface area contributed by atoms with Crippen molar-refractivity contribution < 1.29 is 81.2 Å². The van der Waals surface area contributed by atoms with E-state index in [1.165, 1.54) is 0 Å². The molecule has 0 aliphatic carbocycles. The van der Waals surface area contributed by atoms with Crippen molar-refractivity contribution in [3.05, 3.63) is 10.4 Å². The molecule has 0 radical (unpaired) electrons. The maximum Gasteiger partial charge on any atom is 0.225 e. The topological polar surface area (TPSA) is 280 Å². The molecule has 26 heteroatoms. The van der Waals surface area contributed by atoms with E-state index in [1.54, 1.807) is 4.90 Å². The second-order valence-corrected chi connectivity index (χ2v) is 13.8. The summed E-state index contributed by atoms with van der Waals surface area (Å²) in [6, 6.07) is 0. The third-order valence-corrected chi connectivity index (χ3v) is 8.76. The number of thiol groups is 2. The molecule has 3 N–H and O–H groups in total. The van der Waals surface area contributed by atoms with Gasteiger partial charge in [0.25, 0.3) is 0 Å². The fourth-order valence-corrected chi connectivity index (χ4v) is 5.20. The Bertz CT molecular complexity index is 1200. The fourth-order valence-electron chi connectivity index (χ4n) is 4.69. The number of ether oxygens (including phenoxy) is 12. The number of hydrogen-bond acceptors (Lipinski definition) is 21. The van der Waals surface area contributed by atoms with Crippen LogP contribution < -0.4 is 10.6 Å². The van der Waals surface area contributed by atoms with Crippen LogP contribution in [0.2, 0.25) is 0 Å². The van der Waals surface area contributed by atoms with Crippen LogP contribution in [0.5, 0.6) is 0 Å². The first-order valence-corrected chi connectivity index (χ1v) is 23.5. The molecule has 386 valence electrons. The van der Waals surface area contributed by atoms with Gasteiger partial charge < -0.3 is 82.3 Å². The summed E-state index contributed by atoms with van der Waals surface area (Å²) in [6.07, 6.45) is 0.377. The molecule has 0 unspecified atom stereocenters. The summed E-state index contributed by atoms with van der Waals surface area (Å²) in [6.45, 7) is 9.79. The molecule has 0 spiro atoms. The van der Waals surface area contributed by atoms with Crippen molar-refractivity contribution in [1.82, 2.24) is 15.5 Å². The van der Waals surface area contributed by atoms with Gasteiger partial charge in [0.05, 0.1) is 177 Å². The molecule has 0 rings (SSSR count).